The highest BCUT2D eigenvalue weighted by Crippen LogP contribution is 2.29. The van der Waals surface area contributed by atoms with Gasteiger partial charge in [0.2, 0.25) is 0 Å². The Hall–Kier alpha value is -1.22. The number of nitro groups is 1. The Labute approximate surface area is 124 Å². The molecule has 0 N–H and O–H groups in total. The van der Waals surface area contributed by atoms with E-state index in [0.717, 1.165) is 26.2 Å². The second-order valence-electron chi connectivity index (χ2n) is 5.63. The van der Waals surface area contributed by atoms with Gasteiger partial charge < -0.3 is 14.4 Å². The number of rotatable bonds is 3. The lowest BCUT2D eigenvalue weighted by atomic mass is 10.1. The molecule has 0 aromatic carbocycles. The Morgan fingerprint density at radius 1 is 1.10 bits per heavy atom. The highest BCUT2D eigenvalue weighted by molar-refractivity contribution is 5.15. The third-order valence-electron chi connectivity index (χ3n) is 4.41. The van der Waals surface area contributed by atoms with E-state index in [0.29, 0.717) is 26.4 Å². The van der Waals surface area contributed by atoms with Crippen molar-refractivity contribution in [2.24, 2.45) is 0 Å². The zero-order valence-electron chi connectivity index (χ0n) is 12.3. The molecule has 0 aliphatic carbocycles. The molecule has 3 heterocycles. The molecule has 0 aromatic heterocycles. The van der Waals surface area contributed by atoms with Crippen LogP contribution in [0.25, 0.3) is 0 Å². The monoisotopic (exact) mass is 298 g/mol. The van der Waals surface area contributed by atoms with Crippen LogP contribution in [-0.4, -0.2) is 91.5 Å². The van der Waals surface area contributed by atoms with Gasteiger partial charge in [-0.3, -0.25) is 19.9 Å². The van der Waals surface area contributed by atoms with E-state index in [1.807, 2.05) is 11.9 Å². The lowest BCUT2D eigenvalue weighted by Gasteiger charge is -2.42. The summed E-state index contributed by atoms with van der Waals surface area (Å²) >= 11 is 0. The Kier molecular flexibility index (Phi) is 4.39. The van der Waals surface area contributed by atoms with Crippen LogP contribution in [-0.2, 0) is 9.47 Å². The number of likely N-dealkylation sites (N-methyl/N-ethyl adjacent to an activating group) is 1. The lowest BCUT2D eigenvalue weighted by Crippen LogP contribution is -2.59. The average Bonchev–Trinajstić information content (AvgIpc) is 2.87. The molecule has 8 nitrogen and oxygen atoms in total. The topological polar surface area (TPSA) is 71.3 Å². The van der Waals surface area contributed by atoms with Crippen LogP contribution in [0.3, 0.4) is 0 Å². The molecule has 3 rings (SSSR count). The maximum Gasteiger partial charge on any atom is 0.282 e. The van der Waals surface area contributed by atoms with Crippen molar-refractivity contribution in [3.63, 3.8) is 0 Å². The van der Waals surface area contributed by atoms with Crippen LogP contribution in [0.2, 0.25) is 0 Å². The van der Waals surface area contributed by atoms with Crippen molar-refractivity contribution in [1.29, 1.82) is 0 Å². The van der Waals surface area contributed by atoms with Gasteiger partial charge in [0.05, 0.1) is 37.6 Å². The summed E-state index contributed by atoms with van der Waals surface area (Å²) in [6.45, 7) is 5.77. The minimum Gasteiger partial charge on any atom is -0.379 e. The van der Waals surface area contributed by atoms with Crippen LogP contribution in [0.5, 0.6) is 0 Å². The molecule has 0 saturated carbocycles. The fraction of sp³-hybridized carbons (Fsp3) is 0.846. The molecule has 0 radical (unpaired) electrons. The summed E-state index contributed by atoms with van der Waals surface area (Å²) in [5.41, 5.74) is 0.288. The van der Waals surface area contributed by atoms with Crippen LogP contribution >= 0.6 is 0 Å². The molecule has 0 aromatic rings. The molecule has 0 unspecified atom stereocenters. The molecule has 8 heteroatoms. The zero-order chi connectivity index (χ0) is 14.8. The SMILES string of the molecule is CN1C=C([N+](=O)[O-])[C@@H](N2CCOCC2)[C@@H]1N1CCOCC1. The van der Waals surface area contributed by atoms with Crippen molar-refractivity contribution in [2.45, 2.75) is 12.2 Å². The number of hydrogen-bond donors (Lipinski definition) is 0. The first-order valence-electron chi connectivity index (χ1n) is 7.40. The normalized spacial score (nSPS) is 32.2. The Bertz CT molecular complexity index is 418. The quantitative estimate of drug-likeness (QED) is 0.509. The maximum absolute atomic E-state index is 11.4. The smallest absolute Gasteiger partial charge is 0.282 e. The Morgan fingerprint density at radius 3 is 2.14 bits per heavy atom. The van der Waals surface area contributed by atoms with Gasteiger partial charge in [-0.1, -0.05) is 0 Å². The van der Waals surface area contributed by atoms with Crippen molar-refractivity contribution in [3.8, 4) is 0 Å². The average molecular weight is 298 g/mol. The summed E-state index contributed by atoms with van der Waals surface area (Å²) in [5.74, 6) is 0. The van der Waals surface area contributed by atoms with E-state index in [-0.39, 0.29) is 22.8 Å². The minimum atomic E-state index is -0.239. The summed E-state index contributed by atoms with van der Waals surface area (Å²) in [6, 6.07) is -0.202. The molecule has 0 amide bonds. The largest absolute Gasteiger partial charge is 0.379 e. The van der Waals surface area contributed by atoms with Crippen LogP contribution in [0.1, 0.15) is 0 Å². The fourth-order valence-corrected chi connectivity index (χ4v) is 3.42. The number of nitrogens with zero attached hydrogens (tertiary/aromatic N) is 4. The zero-order valence-corrected chi connectivity index (χ0v) is 12.3. The number of hydrogen-bond acceptors (Lipinski definition) is 7. The van der Waals surface area contributed by atoms with Gasteiger partial charge in [0.1, 0.15) is 12.2 Å². The van der Waals surface area contributed by atoms with Gasteiger partial charge in [-0.25, -0.2) is 0 Å². The van der Waals surface area contributed by atoms with Crippen LogP contribution < -0.4 is 0 Å². The predicted octanol–water partition coefficient (Wildman–Crippen LogP) is -0.591. The van der Waals surface area contributed by atoms with E-state index < -0.39 is 0 Å². The summed E-state index contributed by atoms with van der Waals surface area (Å²) in [5, 5.41) is 11.4. The summed E-state index contributed by atoms with van der Waals surface area (Å²) in [4.78, 5) is 17.6. The third-order valence-corrected chi connectivity index (χ3v) is 4.41. The number of ether oxygens (including phenoxy) is 2. The van der Waals surface area contributed by atoms with Crippen molar-refractivity contribution < 1.29 is 14.4 Å². The van der Waals surface area contributed by atoms with E-state index >= 15 is 0 Å². The lowest BCUT2D eigenvalue weighted by molar-refractivity contribution is -0.433. The Balaban J connectivity index is 1.83. The van der Waals surface area contributed by atoms with Crippen LogP contribution in [0, 0.1) is 10.1 Å². The van der Waals surface area contributed by atoms with Gasteiger partial charge in [-0.2, -0.15) is 0 Å². The molecular formula is C13H22N4O4. The molecule has 2 fully saturated rings. The molecule has 2 saturated heterocycles. The molecule has 3 aliphatic rings. The molecule has 0 spiro atoms. The Morgan fingerprint density at radius 2 is 1.62 bits per heavy atom. The minimum absolute atomic E-state index is 0.00685. The highest BCUT2D eigenvalue weighted by Gasteiger charge is 2.47. The molecule has 118 valence electrons. The highest BCUT2D eigenvalue weighted by atomic mass is 16.6. The number of morpholine rings is 2. The van der Waals surface area contributed by atoms with Gasteiger partial charge in [-0.15, -0.1) is 0 Å². The molecule has 3 aliphatic heterocycles. The van der Waals surface area contributed by atoms with Crippen LogP contribution in [0.4, 0.5) is 0 Å². The van der Waals surface area contributed by atoms with E-state index in [9.17, 15) is 10.1 Å². The molecule has 0 bridgehead atoms. The van der Waals surface area contributed by atoms with Crippen molar-refractivity contribution in [2.75, 3.05) is 59.7 Å². The van der Waals surface area contributed by atoms with Crippen molar-refractivity contribution >= 4 is 0 Å². The van der Waals surface area contributed by atoms with Crippen molar-refractivity contribution in [3.05, 3.63) is 22.0 Å². The van der Waals surface area contributed by atoms with E-state index in [1.165, 1.54) is 0 Å². The maximum atomic E-state index is 11.4. The summed E-state index contributed by atoms with van der Waals surface area (Å²) in [6.07, 6.45) is 1.69. The van der Waals surface area contributed by atoms with Crippen molar-refractivity contribution in [1.82, 2.24) is 14.7 Å². The second kappa shape index (κ2) is 6.27. The van der Waals surface area contributed by atoms with Gasteiger partial charge >= 0.3 is 0 Å². The van der Waals surface area contributed by atoms with Gasteiger partial charge in [0, 0.05) is 33.2 Å². The van der Waals surface area contributed by atoms with Gasteiger partial charge in [-0.05, 0) is 0 Å². The first-order valence-corrected chi connectivity index (χ1v) is 7.40. The summed E-state index contributed by atoms with van der Waals surface area (Å²) < 4.78 is 10.8. The molecule has 21 heavy (non-hydrogen) atoms. The van der Waals surface area contributed by atoms with E-state index in [4.69, 9.17) is 9.47 Å². The third kappa shape index (κ3) is 2.89. The van der Waals surface area contributed by atoms with E-state index in [1.54, 1.807) is 6.20 Å². The van der Waals surface area contributed by atoms with E-state index in [2.05, 4.69) is 9.80 Å². The predicted molar refractivity (Wildman–Crippen MR) is 75.2 cm³/mol. The first-order chi connectivity index (χ1) is 10.2. The standard InChI is InChI=1S/C13H22N4O4/c1-14-10-11(17(18)19)12(15-2-6-20-7-3-15)13(14)16-4-8-21-9-5-16/h10,12-13H,2-9H2,1H3/t12-,13+/m1/s1. The second-order valence-corrected chi connectivity index (χ2v) is 5.63. The van der Waals surface area contributed by atoms with Gasteiger partial charge in [0.25, 0.3) is 5.70 Å². The fourth-order valence-electron chi connectivity index (χ4n) is 3.42. The molecular weight excluding hydrogens is 276 g/mol. The van der Waals surface area contributed by atoms with Gasteiger partial charge in [0.15, 0.2) is 0 Å². The first kappa shape index (κ1) is 14.7. The molecule has 2 atom stereocenters. The summed E-state index contributed by atoms with van der Waals surface area (Å²) in [7, 11) is 1.92. The van der Waals surface area contributed by atoms with Crippen LogP contribution in [0.15, 0.2) is 11.9 Å².